The van der Waals surface area contributed by atoms with E-state index in [1.54, 1.807) is 36.4 Å². The van der Waals surface area contributed by atoms with Gasteiger partial charge in [0.25, 0.3) is 0 Å². The summed E-state index contributed by atoms with van der Waals surface area (Å²) in [5.41, 5.74) is 5.67. The van der Waals surface area contributed by atoms with Crippen molar-refractivity contribution in [3.05, 3.63) is 166 Å². The van der Waals surface area contributed by atoms with Gasteiger partial charge >= 0.3 is 0 Å². The summed E-state index contributed by atoms with van der Waals surface area (Å²) >= 11 is 0. The minimum Gasteiger partial charge on any atom is -0.508 e. The first-order valence-corrected chi connectivity index (χ1v) is 20.5. The van der Waals surface area contributed by atoms with E-state index in [-0.39, 0.29) is 48.3 Å². The topological polar surface area (TPSA) is 158 Å². The summed E-state index contributed by atoms with van der Waals surface area (Å²) < 4.78 is 42.5. The zero-order valence-corrected chi connectivity index (χ0v) is 33.2. The molecule has 11 nitrogen and oxygen atoms in total. The maximum atomic E-state index is 13.6. The number of ether oxygens (including phenoxy) is 2. The minimum absolute atomic E-state index is 0.0639. The lowest BCUT2D eigenvalue weighted by Crippen LogP contribution is -2.47. The molecule has 1 unspecified atom stereocenters. The number of hydrogen-bond acceptors (Lipinski definition) is 9. The van der Waals surface area contributed by atoms with Gasteiger partial charge in [0, 0.05) is 31.1 Å². The number of phenols is 1. The summed E-state index contributed by atoms with van der Waals surface area (Å²) in [6.07, 6.45) is -2.01. The number of nitrogens with one attached hydrogen (secondary N) is 2. The molecule has 5 aromatic carbocycles. The SMILES string of the molecule is Cc1ccc(S(=O)(=O)N[C@H](Cc2ccccc2)C(=O)NCc2ccc(C3O[C@H](CN(C)C[C@@H](O)c4cccc(O)c4)[C@H](C)[C@H](c4ccc(CO)cc4)O3)cc2)cc1. The molecule has 0 aromatic heterocycles. The third-order valence-electron chi connectivity index (χ3n) is 10.3. The van der Waals surface area contributed by atoms with E-state index in [4.69, 9.17) is 9.47 Å². The van der Waals surface area contributed by atoms with Crippen LogP contribution in [0.1, 0.15) is 64.4 Å². The monoisotopic (exact) mass is 793 g/mol. The molecule has 1 amide bonds. The lowest BCUT2D eigenvalue weighted by atomic mass is 9.90. The van der Waals surface area contributed by atoms with Gasteiger partial charge in [0.15, 0.2) is 6.29 Å². The summed E-state index contributed by atoms with van der Waals surface area (Å²) in [6.45, 7) is 4.85. The van der Waals surface area contributed by atoms with Gasteiger partial charge in [0.1, 0.15) is 11.8 Å². The average molecular weight is 794 g/mol. The van der Waals surface area contributed by atoms with E-state index < -0.39 is 34.4 Å². The van der Waals surface area contributed by atoms with E-state index >= 15 is 0 Å². The Morgan fingerprint density at radius 1 is 0.825 bits per heavy atom. The summed E-state index contributed by atoms with van der Waals surface area (Å²) in [4.78, 5) is 15.7. The van der Waals surface area contributed by atoms with Crippen LogP contribution in [-0.4, -0.2) is 66.8 Å². The number of amides is 1. The number of hydrogen-bond donors (Lipinski definition) is 5. The largest absolute Gasteiger partial charge is 0.508 e. The Kier molecular flexibility index (Phi) is 13.9. The Bertz CT molecular complexity index is 2170. The van der Waals surface area contributed by atoms with E-state index in [0.717, 1.165) is 33.4 Å². The van der Waals surface area contributed by atoms with Crippen LogP contribution in [0, 0.1) is 12.8 Å². The van der Waals surface area contributed by atoms with Crippen LogP contribution in [0.2, 0.25) is 0 Å². The van der Waals surface area contributed by atoms with E-state index in [1.807, 2.05) is 97.7 Å². The van der Waals surface area contributed by atoms with Gasteiger partial charge in [-0.25, -0.2) is 8.42 Å². The predicted molar refractivity (Wildman–Crippen MR) is 217 cm³/mol. The molecule has 1 saturated heterocycles. The maximum absolute atomic E-state index is 13.6. The Morgan fingerprint density at radius 3 is 2.16 bits per heavy atom. The zero-order chi connectivity index (χ0) is 40.5. The number of phenolic OH excluding ortho intramolecular Hbond substituents is 1. The second-order valence-electron chi connectivity index (χ2n) is 14.8. The number of likely N-dealkylation sites (N-methyl/N-ethyl adjacent to an activating group) is 1. The minimum atomic E-state index is -3.98. The molecule has 0 saturated carbocycles. The lowest BCUT2D eigenvalue weighted by molar-refractivity contribution is -0.276. The summed E-state index contributed by atoms with van der Waals surface area (Å²) in [5.74, 6) is -0.443. The van der Waals surface area contributed by atoms with Crippen molar-refractivity contribution in [3.8, 4) is 5.75 Å². The molecule has 5 aromatic rings. The fourth-order valence-electron chi connectivity index (χ4n) is 6.96. The number of benzene rings is 5. The smallest absolute Gasteiger partial charge is 0.241 e. The highest BCUT2D eigenvalue weighted by Crippen LogP contribution is 2.42. The molecule has 0 spiro atoms. The van der Waals surface area contributed by atoms with E-state index in [1.165, 1.54) is 12.1 Å². The van der Waals surface area contributed by atoms with Crippen LogP contribution in [0.4, 0.5) is 0 Å². The molecule has 6 atom stereocenters. The molecule has 0 radical (unpaired) electrons. The summed E-state index contributed by atoms with van der Waals surface area (Å²) in [6, 6.07) is 36.5. The molecule has 1 fully saturated rings. The van der Waals surface area contributed by atoms with Gasteiger partial charge in [0.05, 0.1) is 29.8 Å². The van der Waals surface area contributed by atoms with Crippen molar-refractivity contribution in [1.29, 1.82) is 0 Å². The number of aromatic hydroxyl groups is 1. The average Bonchev–Trinajstić information content (AvgIpc) is 3.21. The number of rotatable bonds is 16. The molecule has 1 heterocycles. The molecule has 0 aliphatic carbocycles. The van der Waals surface area contributed by atoms with Crippen molar-refractivity contribution in [2.24, 2.45) is 5.92 Å². The molecule has 12 heteroatoms. The molecule has 1 aliphatic rings. The normalized spacial score (nSPS) is 19.5. The van der Waals surface area contributed by atoms with Crippen molar-refractivity contribution in [3.63, 3.8) is 0 Å². The molecule has 0 bridgehead atoms. The summed E-state index contributed by atoms with van der Waals surface area (Å²) in [7, 11) is -2.07. The number of carbonyl (C=O) groups excluding carboxylic acids is 1. The Balaban J connectivity index is 1.15. The molecular formula is C45H51N3O8S. The molecular weight excluding hydrogens is 743 g/mol. The van der Waals surface area contributed by atoms with Crippen molar-refractivity contribution in [1.82, 2.24) is 14.9 Å². The van der Waals surface area contributed by atoms with Gasteiger partial charge in [0.2, 0.25) is 15.9 Å². The molecule has 300 valence electrons. The van der Waals surface area contributed by atoms with Crippen LogP contribution in [0.5, 0.6) is 5.75 Å². The van der Waals surface area contributed by atoms with Crippen LogP contribution in [0.15, 0.2) is 132 Å². The number of sulfonamides is 1. The first kappa shape index (κ1) is 41.7. The summed E-state index contributed by atoms with van der Waals surface area (Å²) in [5, 5.41) is 33.4. The van der Waals surface area contributed by atoms with Crippen molar-refractivity contribution < 1.29 is 38.0 Å². The number of carbonyl (C=O) groups is 1. The second-order valence-corrected chi connectivity index (χ2v) is 16.5. The van der Waals surface area contributed by atoms with Crippen LogP contribution in [0.25, 0.3) is 0 Å². The van der Waals surface area contributed by atoms with Crippen LogP contribution < -0.4 is 10.0 Å². The third kappa shape index (κ3) is 11.1. The molecule has 1 aliphatic heterocycles. The Morgan fingerprint density at radius 2 is 1.49 bits per heavy atom. The van der Waals surface area contributed by atoms with Gasteiger partial charge in [-0.05, 0) is 72.5 Å². The van der Waals surface area contributed by atoms with Crippen molar-refractivity contribution in [2.75, 3.05) is 20.1 Å². The van der Waals surface area contributed by atoms with Gasteiger partial charge in [-0.1, -0.05) is 116 Å². The lowest BCUT2D eigenvalue weighted by Gasteiger charge is -2.42. The predicted octanol–water partition coefficient (Wildman–Crippen LogP) is 5.86. The van der Waals surface area contributed by atoms with Crippen molar-refractivity contribution >= 4 is 15.9 Å². The number of aryl methyl sites for hydroxylation is 1. The van der Waals surface area contributed by atoms with Gasteiger partial charge < -0.3 is 35.0 Å². The number of nitrogens with zero attached hydrogens (tertiary/aromatic N) is 1. The maximum Gasteiger partial charge on any atom is 0.241 e. The first-order valence-electron chi connectivity index (χ1n) is 19.0. The first-order chi connectivity index (χ1) is 27.4. The second kappa shape index (κ2) is 19.0. The highest BCUT2D eigenvalue weighted by atomic mass is 32.2. The molecule has 57 heavy (non-hydrogen) atoms. The van der Waals surface area contributed by atoms with E-state index in [2.05, 4.69) is 17.0 Å². The fourth-order valence-corrected chi connectivity index (χ4v) is 8.15. The van der Waals surface area contributed by atoms with Crippen LogP contribution in [-0.2, 0) is 43.9 Å². The molecule has 6 rings (SSSR count). The van der Waals surface area contributed by atoms with E-state index in [9.17, 15) is 28.5 Å². The van der Waals surface area contributed by atoms with Crippen LogP contribution in [0.3, 0.4) is 0 Å². The molecule has 5 N–H and O–H groups in total. The Labute approximate surface area is 335 Å². The van der Waals surface area contributed by atoms with Crippen molar-refractivity contribution in [2.45, 2.75) is 69.0 Å². The quantitative estimate of drug-likeness (QED) is 0.0827. The van der Waals surface area contributed by atoms with Gasteiger partial charge in [-0.15, -0.1) is 0 Å². The Hall–Kier alpha value is -4.92. The van der Waals surface area contributed by atoms with Gasteiger partial charge in [-0.3, -0.25) is 4.79 Å². The van der Waals surface area contributed by atoms with E-state index in [0.29, 0.717) is 18.7 Å². The standard InChI is InChI=1S/C45H51N3O8S/c1-30-12-22-39(23-13-30)57(53,54)47-40(24-32-8-5-4-6-9-32)44(52)46-26-33-14-20-36(21-15-33)45-55-42(28-48(3)27-41(51)37-10-7-11-38(50)25-37)31(2)43(56-45)35-18-16-34(29-49)17-19-35/h4-23,25,31,40-43,45,47,49-51H,24,26-29H2,1-3H3,(H,46,52)/t31-,40+,41+,42+,43+,45?/m0/s1. The van der Waals surface area contributed by atoms with Gasteiger partial charge in [-0.2, -0.15) is 4.72 Å². The van der Waals surface area contributed by atoms with Crippen LogP contribution >= 0.6 is 0 Å². The highest BCUT2D eigenvalue weighted by Gasteiger charge is 2.39. The zero-order valence-electron chi connectivity index (χ0n) is 32.4. The highest BCUT2D eigenvalue weighted by molar-refractivity contribution is 7.89. The number of aliphatic hydroxyl groups is 2. The number of aliphatic hydroxyl groups excluding tert-OH is 2. The third-order valence-corrected chi connectivity index (χ3v) is 11.8. The fraction of sp³-hybridized carbons (Fsp3) is 0.311.